The van der Waals surface area contributed by atoms with Crippen LogP contribution in [0, 0.1) is 5.82 Å². The van der Waals surface area contributed by atoms with E-state index in [0.717, 1.165) is 24.9 Å². The first kappa shape index (κ1) is 15.0. The number of halogens is 1. The molecule has 1 N–H and O–H groups in total. The van der Waals surface area contributed by atoms with Crippen molar-refractivity contribution in [2.45, 2.75) is 18.9 Å². The Morgan fingerprint density at radius 3 is 3.00 bits per heavy atom. The molecular formula is C16H20FN3O2. The van der Waals surface area contributed by atoms with Gasteiger partial charge in [-0.25, -0.2) is 4.39 Å². The molecular weight excluding hydrogens is 285 g/mol. The zero-order chi connectivity index (χ0) is 15.5. The van der Waals surface area contributed by atoms with Crippen molar-refractivity contribution in [2.24, 2.45) is 0 Å². The molecule has 2 amide bonds. The van der Waals surface area contributed by atoms with Crippen molar-refractivity contribution >= 4 is 11.8 Å². The van der Waals surface area contributed by atoms with Crippen molar-refractivity contribution in [1.29, 1.82) is 0 Å². The largest absolute Gasteiger partial charge is 0.353 e. The monoisotopic (exact) mass is 305 g/mol. The average Bonchev–Trinajstić information content (AvgIpc) is 2.95. The maximum absolute atomic E-state index is 13.4. The number of benzene rings is 1. The van der Waals surface area contributed by atoms with Gasteiger partial charge in [0.25, 0.3) is 0 Å². The van der Waals surface area contributed by atoms with Crippen molar-refractivity contribution in [2.75, 3.05) is 32.7 Å². The smallest absolute Gasteiger partial charge is 0.239 e. The highest BCUT2D eigenvalue weighted by Crippen LogP contribution is 2.31. The number of hydrogen-bond donors (Lipinski definition) is 1. The molecule has 2 aliphatic heterocycles. The van der Waals surface area contributed by atoms with E-state index in [9.17, 15) is 14.0 Å². The Morgan fingerprint density at radius 1 is 1.36 bits per heavy atom. The fraction of sp³-hybridized carbons (Fsp3) is 0.500. The molecule has 2 heterocycles. The summed E-state index contributed by atoms with van der Waals surface area (Å²) >= 11 is 0. The topological polar surface area (TPSA) is 52.7 Å². The first-order chi connectivity index (χ1) is 10.6. The number of hydrogen-bond acceptors (Lipinski definition) is 3. The fourth-order valence-corrected chi connectivity index (χ4v) is 3.23. The van der Waals surface area contributed by atoms with Crippen LogP contribution in [0.2, 0.25) is 0 Å². The maximum atomic E-state index is 13.4. The third-order valence-corrected chi connectivity index (χ3v) is 4.33. The Kier molecular flexibility index (Phi) is 4.38. The highest BCUT2D eigenvalue weighted by atomic mass is 19.1. The van der Waals surface area contributed by atoms with Gasteiger partial charge in [0.05, 0.1) is 13.1 Å². The lowest BCUT2D eigenvalue weighted by Gasteiger charge is -2.30. The maximum Gasteiger partial charge on any atom is 0.239 e. The van der Waals surface area contributed by atoms with Gasteiger partial charge in [0.15, 0.2) is 0 Å². The van der Waals surface area contributed by atoms with Crippen LogP contribution in [0.15, 0.2) is 24.3 Å². The van der Waals surface area contributed by atoms with Crippen LogP contribution in [0.3, 0.4) is 0 Å². The Labute approximate surface area is 129 Å². The summed E-state index contributed by atoms with van der Waals surface area (Å²) in [4.78, 5) is 27.4. The number of carbonyl (C=O) groups excluding carboxylic acids is 2. The minimum atomic E-state index is -0.247. The number of amides is 2. The second-order valence-electron chi connectivity index (χ2n) is 5.85. The van der Waals surface area contributed by atoms with Gasteiger partial charge in [-0.3, -0.25) is 14.5 Å². The number of carbonyl (C=O) groups is 2. The summed E-state index contributed by atoms with van der Waals surface area (Å²) in [5.74, 6) is -0.385. The van der Waals surface area contributed by atoms with Crippen molar-refractivity contribution < 1.29 is 14.0 Å². The summed E-state index contributed by atoms with van der Waals surface area (Å²) in [6.07, 6.45) is 1.92. The van der Waals surface area contributed by atoms with E-state index in [1.54, 1.807) is 17.0 Å². The van der Waals surface area contributed by atoms with Crippen LogP contribution in [0.4, 0.5) is 4.39 Å². The molecule has 0 bridgehead atoms. The SMILES string of the molecule is O=C1CN(C(=O)CN2CCC[C@@H]2c2cccc(F)c2)CCN1. The van der Waals surface area contributed by atoms with Crippen molar-refractivity contribution in [3.05, 3.63) is 35.6 Å². The summed E-state index contributed by atoms with van der Waals surface area (Å²) < 4.78 is 13.4. The van der Waals surface area contributed by atoms with E-state index in [1.165, 1.54) is 6.07 Å². The van der Waals surface area contributed by atoms with Crippen molar-refractivity contribution in [3.8, 4) is 0 Å². The van der Waals surface area contributed by atoms with E-state index in [-0.39, 0.29) is 36.8 Å². The molecule has 0 unspecified atom stereocenters. The van der Waals surface area contributed by atoms with Gasteiger partial charge in [-0.1, -0.05) is 12.1 Å². The Hall–Kier alpha value is -1.95. The summed E-state index contributed by atoms with van der Waals surface area (Å²) in [7, 11) is 0. The van der Waals surface area contributed by atoms with Crippen molar-refractivity contribution in [3.63, 3.8) is 0 Å². The first-order valence-electron chi connectivity index (χ1n) is 7.67. The van der Waals surface area contributed by atoms with Gasteiger partial charge >= 0.3 is 0 Å². The molecule has 0 radical (unpaired) electrons. The lowest BCUT2D eigenvalue weighted by molar-refractivity contribution is -0.139. The van der Waals surface area contributed by atoms with E-state index in [2.05, 4.69) is 10.2 Å². The number of piperazine rings is 1. The van der Waals surface area contributed by atoms with Gasteiger partial charge in [0.1, 0.15) is 5.82 Å². The van der Waals surface area contributed by atoms with Crippen molar-refractivity contribution in [1.82, 2.24) is 15.1 Å². The van der Waals surface area contributed by atoms with Crippen LogP contribution in [-0.4, -0.2) is 54.3 Å². The summed E-state index contributed by atoms with van der Waals surface area (Å²) in [5, 5.41) is 2.71. The van der Waals surface area contributed by atoms with Gasteiger partial charge < -0.3 is 10.2 Å². The predicted molar refractivity (Wildman–Crippen MR) is 79.5 cm³/mol. The minimum absolute atomic E-state index is 0.0295. The molecule has 2 fully saturated rings. The summed E-state index contributed by atoms with van der Waals surface area (Å²) in [6, 6.07) is 6.67. The Morgan fingerprint density at radius 2 is 2.23 bits per heavy atom. The first-order valence-corrected chi connectivity index (χ1v) is 7.67. The molecule has 2 aliphatic rings. The van der Waals surface area contributed by atoms with Gasteiger partial charge in [0.2, 0.25) is 11.8 Å². The van der Waals surface area contributed by atoms with Gasteiger partial charge in [-0.2, -0.15) is 0 Å². The fourth-order valence-electron chi connectivity index (χ4n) is 3.23. The van der Waals surface area contributed by atoms with Crippen LogP contribution >= 0.6 is 0 Å². The molecule has 1 aromatic carbocycles. The van der Waals surface area contributed by atoms with E-state index in [4.69, 9.17) is 0 Å². The Bertz CT molecular complexity index is 578. The van der Waals surface area contributed by atoms with E-state index < -0.39 is 0 Å². The average molecular weight is 305 g/mol. The molecule has 6 heteroatoms. The van der Waals surface area contributed by atoms with Crippen LogP contribution < -0.4 is 5.32 Å². The molecule has 0 spiro atoms. The molecule has 1 atom stereocenters. The molecule has 0 aromatic heterocycles. The van der Waals surface area contributed by atoms with Crippen LogP contribution in [0.1, 0.15) is 24.4 Å². The van der Waals surface area contributed by atoms with Gasteiger partial charge in [-0.05, 0) is 37.1 Å². The number of likely N-dealkylation sites (tertiary alicyclic amines) is 1. The number of nitrogens with zero attached hydrogens (tertiary/aromatic N) is 2. The molecule has 22 heavy (non-hydrogen) atoms. The number of nitrogens with one attached hydrogen (secondary N) is 1. The standard InChI is InChI=1S/C16H20FN3O2/c17-13-4-1-3-12(9-13)14-5-2-7-19(14)11-16(22)20-8-6-18-15(21)10-20/h1,3-4,9,14H,2,5-8,10-11H2,(H,18,21)/t14-/m1/s1. The zero-order valence-electron chi connectivity index (χ0n) is 12.4. The molecule has 1 aromatic rings. The molecule has 3 rings (SSSR count). The summed E-state index contributed by atoms with van der Waals surface area (Å²) in [6.45, 7) is 2.32. The molecule has 118 valence electrons. The van der Waals surface area contributed by atoms with Gasteiger partial charge in [-0.15, -0.1) is 0 Å². The second kappa shape index (κ2) is 6.44. The molecule has 0 aliphatic carbocycles. The highest BCUT2D eigenvalue weighted by molar-refractivity contribution is 5.86. The van der Waals surface area contributed by atoms with Crippen LogP contribution in [0.25, 0.3) is 0 Å². The third kappa shape index (κ3) is 3.27. The van der Waals surface area contributed by atoms with E-state index in [0.29, 0.717) is 13.1 Å². The molecule has 5 nitrogen and oxygen atoms in total. The second-order valence-corrected chi connectivity index (χ2v) is 5.85. The lowest BCUT2D eigenvalue weighted by atomic mass is 10.0. The molecule has 2 saturated heterocycles. The highest BCUT2D eigenvalue weighted by Gasteiger charge is 2.30. The normalized spacial score (nSPS) is 22.7. The van der Waals surface area contributed by atoms with Gasteiger partial charge in [0, 0.05) is 19.1 Å². The zero-order valence-corrected chi connectivity index (χ0v) is 12.4. The van der Waals surface area contributed by atoms with E-state index in [1.807, 2.05) is 6.07 Å². The molecule has 0 saturated carbocycles. The van der Waals surface area contributed by atoms with Crippen LogP contribution in [0.5, 0.6) is 0 Å². The van der Waals surface area contributed by atoms with Crippen LogP contribution in [-0.2, 0) is 9.59 Å². The van der Waals surface area contributed by atoms with E-state index >= 15 is 0 Å². The third-order valence-electron chi connectivity index (χ3n) is 4.33. The lowest BCUT2D eigenvalue weighted by Crippen LogP contribution is -2.52. The minimum Gasteiger partial charge on any atom is -0.353 e. The number of rotatable bonds is 3. The Balaban J connectivity index is 1.66. The summed E-state index contributed by atoms with van der Waals surface area (Å²) in [5.41, 5.74) is 0.918. The predicted octanol–water partition coefficient (Wildman–Crippen LogP) is 0.921. The quantitative estimate of drug-likeness (QED) is 0.903.